The first-order chi connectivity index (χ1) is 20.0. The molecule has 4 rings (SSSR count). The van der Waals surface area contributed by atoms with Gasteiger partial charge in [-0.1, -0.05) is 97.1 Å². The molecule has 0 spiro atoms. The van der Waals surface area contributed by atoms with Crippen molar-refractivity contribution in [3.63, 3.8) is 0 Å². The van der Waals surface area contributed by atoms with Gasteiger partial charge in [-0.2, -0.15) is 0 Å². The van der Waals surface area contributed by atoms with Crippen LogP contribution in [0.25, 0.3) is 0 Å². The van der Waals surface area contributed by atoms with Gasteiger partial charge in [0, 0.05) is 24.2 Å². The van der Waals surface area contributed by atoms with E-state index in [0.717, 1.165) is 11.1 Å². The van der Waals surface area contributed by atoms with Crippen molar-refractivity contribution in [1.29, 1.82) is 0 Å². The van der Waals surface area contributed by atoms with Crippen molar-refractivity contribution in [3.8, 4) is 0 Å². The molecule has 4 aromatic rings. The van der Waals surface area contributed by atoms with Crippen LogP contribution in [0.2, 0.25) is 0 Å². The second-order valence-corrected chi connectivity index (χ2v) is 10.1. The molecule has 0 unspecified atom stereocenters. The van der Waals surface area contributed by atoms with Crippen LogP contribution in [0.1, 0.15) is 31.8 Å². The Bertz CT molecular complexity index is 1230. The molecule has 0 fully saturated rings. The molecule has 5 N–H and O–H groups in total. The molecule has 4 atom stereocenters. The average Bonchev–Trinajstić information content (AvgIpc) is 3.02. The molecule has 0 bridgehead atoms. The Labute approximate surface area is 241 Å². The molecule has 212 valence electrons. The first kappa shape index (κ1) is 29.7. The minimum atomic E-state index is -0.929. The summed E-state index contributed by atoms with van der Waals surface area (Å²) in [6, 6.07) is 36.0. The van der Waals surface area contributed by atoms with Crippen LogP contribution in [0.15, 0.2) is 121 Å². The summed E-state index contributed by atoms with van der Waals surface area (Å²) in [6.45, 7) is 0.267. The van der Waals surface area contributed by atoms with Gasteiger partial charge in [-0.05, 0) is 48.2 Å². The van der Waals surface area contributed by atoms with Crippen LogP contribution in [0.4, 0.5) is 0 Å². The Morgan fingerprint density at radius 3 is 1.17 bits per heavy atom. The van der Waals surface area contributed by atoms with E-state index in [4.69, 9.17) is 0 Å². The second kappa shape index (κ2) is 15.5. The molecule has 41 heavy (non-hydrogen) atoms. The average molecular weight is 552 g/mol. The van der Waals surface area contributed by atoms with E-state index in [0.29, 0.717) is 24.0 Å². The monoisotopic (exact) mass is 551 g/mol. The smallest absolute Gasteiger partial charge is 0.251 e. The summed E-state index contributed by atoms with van der Waals surface area (Å²) in [5.74, 6) is -0.533. The number of rotatable bonds is 14. The van der Waals surface area contributed by atoms with E-state index in [1.54, 1.807) is 48.5 Å². The van der Waals surface area contributed by atoms with Crippen molar-refractivity contribution >= 4 is 11.8 Å². The zero-order valence-electron chi connectivity index (χ0n) is 22.9. The van der Waals surface area contributed by atoms with Crippen molar-refractivity contribution in [2.45, 2.75) is 37.1 Å². The highest BCUT2D eigenvalue weighted by atomic mass is 16.3. The van der Waals surface area contributed by atoms with Crippen LogP contribution < -0.4 is 16.0 Å². The standard InChI is InChI=1S/C34H37N3O4/c38-31(29(21-25-13-5-1-6-14-25)36-33(40)27-17-9-3-10-18-27)23-35-24-32(39)30(22-26-15-7-2-8-16-26)37-34(41)28-19-11-4-12-20-28/h1-20,29-32,35,38-39H,21-24H2,(H,36,40)(H,37,41)/t29-,30-,31+,32+/m0/s1. The lowest BCUT2D eigenvalue weighted by molar-refractivity contribution is 0.0769. The van der Waals surface area contributed by atoms with Gasteiger partial charge in [0.1, 0.15) is 0 Å². The van der Waals surface area contributed by atoms with Gasteiger partial charge >= 0.3 is 0 Å². The number of carbonyl (C=O) groups excluding carboxylic acids is 2. The van der Waals surface area contributed by atoms with E-state index in [1.165, 1.54) is 0 Å². The van der Waals surface area contributed by atoms with Crippen LogP contribution in [-0.4, -0.2) is 59.4 Å². The molecule has 2 amide bonds. The Hall–Kier alpha value is -4.30. The molecular formula is C34H37N3O4. The van der Waals surface area contributed by atoms with E-state index in [2.05, 4.69) is 16.0 Å². The van der Waals surface area contributed by atoms with Crippen molar-refractivity contribution in [3.05, 3.63) is 144 Å². The van der Waals surface area contributed by atoms with E-state index >= 15 is 0 Å². The third-order valence-electron chi connectivity index (χ3n) is 6.94. The third kappa shape index (κ3) is 9.39. The Morgan fingerprint density at radius 2 is 0.829 bits per heavy atom. The third-order valence-corrected chi connectivity index (χ3v) is 6.94. The quantitative estimate of drug-likeness (QED) is 0.165. The number of amides is 2. The molecule has 0 aromatic heterocycles. The van der Waals surface area contributed by atoms with E-state index in [-0.39, 0.29) is 24.9 Å². The molecule has 0 aliphatic heterocycles. The minimum Gasteiger partial charge on any atom is -0.390 e. The molecular weight excluding hydrogens is 514 g/mol. The second-order valence-electron chi connectivity index (χ2n) is 10.1. The van der Waals surface area contributed by atoms with Crippen LogP contribution >= 0.6 is 0 Å². The molecule has 0 radical (unpaired) electrons. The van der Waals surface area contributed by atoms with Crippen molar-refractivity contribution in [2.24, 2.45) is 0 Å². The molecule has 7 heteroatoms. The number of hydrogen-bond donors (Lipinski definition) is 5. The van der Waals surface area contributed by atoms with Gasteiger partial charge in [-0.15, -0.1) is 0 Å². The Kier molecular flexibility index (Phi) is 11.2. The lowest BCUT2D eigenvalue weighted by atomic mass is 9.99. The summed E-state index contributed by atoms with van der Waals surface area (Å²) in [5, 5.41) is 31.3. The zero-order chi connectivity index (χ0) is 28.9. The summed E-state index contributed by atoms with van der Waals surface area (Å²) in [6.07, 6.45) is -0.980. The first-order valence-corrected chi connectivity index (χ1v) is 13.9. The molecule has 0 aliphatic carbocycles. The number of hydrogen-bond acceptors (Lipinski definition) is 5. The van der Waals surface area contributed by atoms with Crippen LogP contribution in [-0.2, 0) is 12.8 Å². The molecule has 4 aromatic carbocycles. The van der Waals surface area contributed by atoms with Crippen LogP contribution in [0.3, 0.4) is 0 Å². The lowest BCUT2D eigenvalue weighted by Crippen LogP contribution is -2.52. The minimum absolute atomic E-state index is 0.133. The highest BCUT2D eigenvalue weighted by Gasteiger charge is 2.25. The predicted molar refractivity (Wildman–Crippen MR) is 161 cm³/mol. The summed E-state index contributed by atoms with van der Waals surface area (Å²) in [4.78, 5) is 25.8. The van der Waals surface area contributed by atoms with Gasteiger partial charge in [0.05, 0.1) is 24.3 Å². The van der Waals surface area contributed by atoms with Gasteiger partial charge in [0.2, 0.25) is 0 Å². The number of aliphatic hydroxyl groups is 2. The maximum Gasteiger partial charge on any atom is 0.251 e. The highest BCUT2D eigenvalue weighted by molar-refractivity contribution is 5.94. The SMILES string of the molecule is O=C(N[C@@H](Cc1ccccc1)[C@H](O)CNC[C@@H](O)[C@H](Cc1ccccc1)NC(=O)c1ccccc1)c1ccccc1. The van der Waals surface area contributed by atoms with E-state index in [1.807, 2.05) is 72.8 Å². The molecule has 0 heterocycles. The summed E-state index contributed by atoms with van der Waals surface area (Å²) in [7, 11) is 0. The number of nitrogens with one attached hydrogen (secondary N) is 3. The zero-order valence-corrected chi connectivity index (χ0v) is 22.9. The molecule has 0 aliphatic rings. The summed E-state index contributed by atoms with van der Waals surface area (Å²) in [5.41, 5.74) is 2.99. The Balaban J connectivity index is 1.39. The van der Waals surface area contributed by atoms with E-state index < -0.39 is 24.3 Å². The van der Waals surface area contributed by atoms with Gasteiger partial charge in [-0.3, -0.25) is 9.59 Å². The fourth-order valence-electron chi connectivity index (χ4n) is 4.65. The number of aliphatic hydroxyl groups excluding tert-OH is 2. The lowest BCUT2D eigenvalue weighted by Gasteiger charge is -2.27. The van der Waals surface area contributed by atoms with Crippen molar-refractivity contribution in [2.75, 3.05) is 13.1 Å². The van der Waals surface area contributed by atoms with Gasteiger partial charge in [0.15, 0.2) is 0 Å². The van der Waals surface area contributed by atoms with Gasteiger partial charge < -0.3 is 26.2 Å². The Morgan fingerprint density at radius 1 is 0.512 bits per heavy atom. The largest absolute Gasteiger partial charge is 0.390 e. The van der Waals surface area contributed by atoms with Crippen molar-refractivity contribution in [1.82, 2.24) is 16.0 Å². The van der Waals surface area contributed by atoms with Crippen LogP contribution in [0, 0.1) is 0 Å². The maximum atomic E-state index is 12.9. The van der Waals surface area contributed by atoms with Crippen LogP contribution in [0.5, 0.6) is 0 Å². The van der Waals surface area contributed by atoms with Gasteiger partial charge in [-0.25, -0.2) is 0 Å². The predicted octanol–water partition coefficient (Wildman–Crippen LogP) is 3.38. The normalized spacial score (nSPS) is 13.9. The summed E-state index contributed by atoms with van der Waals surface area (Å²) < 4.78 is 0. The highest BCUT2D eigenvalue weighted by Crippen LogP contribution is 2.10. The van der Waals surface area contributed by atoms with E-state index in [9.17, 15) is 19.8 Å². The molecule has 7 nitrogen and oxygen atoms in total. The van der Waals surface area contributed by atoms with Crippen molar-refractivity contribution < 1.29 is 19.8 Å². The topological polar surface area (TPSA) is 111 Å². The molecule has 0 saturated heterocycles. The van der Waals surface area contributed by atoms with Gasteiger partial charge in [0.25, 0.3) is 11.8 Å². The first-order valence-electron chi connectivity index (χ1n) is 13.9. The number of benzene rings is 4. The fraction of sp³-hybridized carbons (Fsp3) is 0.235. The summed E-state index contributed by atoms with van der Waals surface area (Å²) >= 11 is 0. The fourth-order valence-corrected chi connectivity index (χ4v) is 4.65. The maximum absolute atomic E-state index is 12.9. The number of carbonyl (C=O) groups is 2. The molecule has 0 saturated carbocycles.